The third-order valence-corrected chi connectivity index (χ3v) is 9.29. The Hall–Kier alpha value is -3.65. The molecule has 5 atom stereocenters. The molecule has 1 aromatic heterocycles. The summed E-state index contributed by atoms with van der Waals surface area (Å²) in [5, 5.41) is 14.1. The van der Waals surface area contributed by atoms with Crippen LogP contribution in [0.3, 0.4) is 0 Å². The summed E-state index contributed by atoms with van der Waals surface area (Å²) in [5.74, 6) is -0.187. The number of aromatic nitrogens is 1. The Balaban J connectivity index is 1.22. The van der Waals surface area contributed by atoms with Crippen LogP contribution in [-0.2, 0) is 16.1 Å². The van der Waals surface area contributed by atoms with Gasteiger partial charge in [0.1, 0.15) is 12.3 Å². The number of rotatable bonds is 12. The molecule has 2 unspecified atom stereocenters. The minimum Gasteiger partial charge on any atom is -0.363 e. The number of nitrogens with zero attached hydrogens (tertiary/aromatic N) is 1. The second kappa shape index (κ2) is 14.9. The van der Waals surface area contributed by atoms with Crippen molar-refractivity contribution in [2.45, 2.75) is 89.8 Å². The van der Waals surface area contributed by atoms with Crippen molar-refractivity contribution in [2.75, 3.05) is 5.32 Å². The van der Waals surface area contributed by atoms with Crippen molar-refractivity contribution in [3.63, 3.8) is 0 Å². The number of amides is 2. The van der Waals surface area contributed by atoms with Crippen molar-refractivity contribution in [1.29, 1.82) is 0 Å². The highest BCUT2D eigenvalue weighted by Gasteiger charge is 2.40. The van der Waals surface area contributed by atoms with E-state index < -0.39 is 17.9 Å². The average Bonchev–Trinajstić information content (AvgIpc) is 3.73. The molecule has 2 aromatic carbocycles. The maximum atomic E-state index is 13.7. The highest BCUT2D eigenvalue weighted by Crippen LogP contribution is 2.36. The Morgan fingerprint density at radius 2 is 1.73 bits per heavy atom. The van der Waals surface area contributed by atoms with Gasteiger partial charge in [-0.2, -0.15) is 0 Å². The van der Waals surface area contributed by atoms with Crippen molar-refractivity contribution < 1.29 is 18.9 Å². The molecule has 2 aliphatic carbocycles. The minimum absolute atomic E-state index is 0.0174. The van der Waals surface area contributed by atoms with Crippen LogP contribution in [0.15, 0.2) is 65.4 Å². The van der Waals surface area contributed by atoms with Crippen LogP contribution >= 0.6 is 11.6 Å². The van der Waals surface area contributed by atoms with E-state index in [9.17, 15) is 14.4 Å². The molecule has 0 aliphatic heterocycles. The quantitative estimate of drug-likeness (QED) is 0.190. The Bertz CT molecular complexity index is 1410. The summed E-state index contributed by atoms with van der Waals surface area (Å²) in [4.78, 5) is 40.9. The molecule has 1 heterocycles. The number of halogens is 1. The lowest BCUT2D eigenvalue weighted by atomic mass is 9.80. The van der Waals surface area contributed by atoms with Gasteiger partial charge in [0, 0.05) is 47.0 Å². The van der Waals surface area contributed by atoms with E-state index in [-0.39, 0.29) is 35.5 Å². The van der Waals surface area contributed by atoms with Gasteiger partial charge in [-0.3, -0.25) is 14.4 Å². The van der Waals surface area contributed by atoms with Crippen molar-refractivity contribution in [3.05, 3.63) is 82.6 Å². The summed E-state index contributed by atoms with van der Waals surface area (Å²) in [6.45, 7) is 4.65. The number of carbonyl (C=O) groups is 3. The van der Waals surface area contributed by atoms with Gasteiger partial charge < -0.3 is 20.5 Å². The lowest BCUT2D eigenvalue weighted by molar-refractivity contribution is -0.132. The number of hydrogen-bond donors (Lipinski definition) is 3. The molecule has 0 spiro atoms. The fourth-order valence-electron chi connectivity index (χ4n) is 6.79. The largest absolute Gasteiger partial charge is 0.363 e. The summed E-state index contributed by atoms with van der Waals surface area (Å²) in [6.07, 6.45) is 8.17. The van der Waals surface area contributed by atoms with Gasteiger partial charge in [-0.15, -0.1) is 0 Å². The normalized spacial score (nSPS) is 22.4. The van der Waals surface area contributed by atoms with Gasteiger partial charge in [0.25, 0.3) is 0 Å². The summed E-state index contributed by atoms with van der Waals surface area (Å²) in [5.41, 5.74) is 2.74. The zero-order chi connectivity index (χ0) is 31.1. The van der Waals surface area contributed by atoms with Crippen molar-refractivity contribution in [2.24, 2.45) is 17.8 Å². The van der Waals surface area contributed by atoms with Crippen LogP contribution in [0, 0.1) is 17.8 Å². The number of nitrogens with one attached hydrogen (secondary N) is 3. The molecule has 2 amide bonds. The maximum Gasteiger partial charge on any atom is 0.242 e. The molecule has 2 saturated carbocycles. The Morgan fingerprint density at radius 1 is 0.955 bits per heavy atom. The number of Topliss-reactive ketones (excluding diaryl/α,β-unsaturated/α-hetero) is 1. The van der Waals surface area contributed by atoms with Gasteiger partial charge in [0.2, 0.25) is 11.8 Å². The SMILES string of the molecule is CC(C)C[C@H](NC(=O)C1CCCC1C(=O)c1ccc(CNc2ccon2)cc1)C(=O)N[C@@H]1CCCC[C@H]1c1cccc(Cl)c1. The van der Waals surface area contributed by atoms with E-state index in [0.717, 1.165) is 43.2 Å². The zero-order valence-corrected chi connectivity index (χ0v) is 26.3. The Morgan fingerprint density at radius 3 is 2.45 bits per heavy atom. The number of hydrogen-bond acceptors (Lipinski definition) is 6. The molecule has 3 aromatic rings. The van der Waals surface area contributed by atoms with Crippen LogP contribution in [0.4, 0.5) is 5.82 Å². The third kappa shape index (κ3) is 8.08. The predicted molar refractivity (Wildman–Crippen MR) is 171 cm³/mol. The molecule has 0 radical (unpaired) electrons. The standard InChI is InChI=1S/C35H43ClN4O4/c1-22(2)19-31(35(43)38-30-12-4-3-9-27(30)25-7-5-8-26(36)20-25)39-34(42)29-11-6-10-28(29)33(41)24-15-13-23(14-16-24)21-37-32-17-18-44-40-32/h5,7-8,13-18,20,22,27-31H,3-4,6,9-12,19,21H2,1-2H3,(H,37,40)(H,38,43)(H,39,42)/t27-,28?,29?,30+,31-/m0/s1. The van der Waals surface area contributed by atoms with E-state index >= 15 is 0 Å². The topological polar surface area (TPSA) is 113 Å². The number of anilines is 1. The lowest BCUT2D eigenvalue weighted by Crippen LogP contribution is -2.53. The van der Waals surface area contributed by atoms with Crippen LogP contribution in [0.2, 0.25) is 5.02 Å². The smallest absolute Gasteiger partial charge is 0.242 e. The van der Waals surface area contributed by atoms with E-state index in [0.29, 0.717) is 42.2 Å². The van der Waals surface area contributed by atoms with Gasteiger partial charge in [0.15, 0.2) is 11.6 Å². The first-order chi connectivity index (χ1) is 21.3. The molecule has 0 saturated heterocycles. The molecule has 0 bridgehead atoms. The molecular formula is C35H43ClN4O4. The van der Waals surface area contributed by atoms with Gasteiger partial charge in [-0.25, -0.2) is 0 Å². The average molecular weight is 619 g/mol. The first-order valence-corrected chi connectivity index (χ1v) is 16.3. The molecule has 5 rings (SSSR count). The second-order valence-electron chi connectivity index (χ2n) is 12.7. The third-order valence-electron chi connectivity index (χ3n) is 9.05. The first-order valence-electron chi connectivity index (χ1n) is 15.9. The lowest BCUT2D eigenvalue weighted by Gasteiger charge is -2.34. The molecule has 44 heavy (non-hydrogen) atoms. The fraction of sp³-hybridized carbons (Fsp3) is 0.486. The molecule has 3 N–H and O–H groups in total. The number of benzene rings is 2. The second-order valence-corrected chi connectivity index (χ2v) is 13.1. The molecule has 8 nitrogen and oxygen atoms in total. The van der Waals surface area contributed by atoms with Crippen molar-refractivity contribution in [1.82, 2.24) is 15.8 Å². The maximum absolute atomic E-state index is 13.7. The van der Waals surface area contributed by atoms with Crippen LogP contribution in [0.1, 0.15) is 92.6 Å². The fourth-order valence-corrected chi connectivity index (χ4v) is 6.99. The minimum atomic E-state index is -0.655. The number of ketones is 1. The Kier molecular flexibility index (Phi) is 10.7. The van der Waals surface area contributed by atoms with Crippen LogP contribution in [0.5, 0.6) is 0 Å². The highest BCUT2D eigenvalue weighted by atomic mass is 35.5. The van der Waals surface area contributed by atoms with Gasteiger partial charge >= 0.3 is 0 Å². The van der Waals surface area contributed by atoms with Crippen molar-refractivity contribution >= 4 is 35.0 Å². The van der Waals surface area contributed by atoms with E-state index in [1.54, 1.807) is 6.07 Å². The molecule has 234 valence electrons. The van der Waals surface area contributed by atoms with Crippen LogP contribution < -0.4 is 16.0 Å². The zero-order valence-electron chi connectivity index (χ0n) is 25.6. The van der Waals surface area contributed by atoms with Crippen LogP contribution in [0.25, 0.3) is 0 Å². The van der Waals surface area contributed by atoms with E-state index in [1.165, 1.54) is 6.26 Å². The van der Waals surface area contributed by atoms with E-state index in [4.69, 9.17) is 16.1 Å². The van der Waals surface area contributed by atoms with Crippen molar-refractivity contribution in [3.8, 4) is 0 Å². The summed E-state index contributed by atoms with van der Waals surface area (Å²) in [7, 11) is 0. The molecular weight excluding hydrogens is 576 g/mol. The van der Waals surface area contributed by atoms with Gasteiger partial charge in [-0.1, -0.05) is 86.3 Å². The van der Waals surface area contributed by atoms with E-state index in [1.807, 2.05) is 42.5 Å². The van der Waals surface area contributed by atoms with Gasteiger partial charge in [0.05, 0.1) is 0 Å². The molecule has 2 aliphatic rings. The molecule has 2 fully saturated rings. The first kappa shape index (κ1) is 31.8. The summed E-state index contributed by atoms with van der Waals surface area (Å²) >= 11 is 6.29. The summed E-state index contributed by atoms with van der Waals surface area (Å²) in [6, 6.07) is 16.4. The molecule has 9 heteroatoms. The Labute approximate surface area is 264 Å². The summed E-state index contributed by atoms with van der Waals surface area (Å²) < 4.78 is 4.84. The predicted octanol–water partition coefficient (Wildman–Crippen LogP) is 6.91. The van der Waals surface area contributed by atoms with E-state index in [2.05, 4.69) is 41.0 Å². The monoisotopic (exact) mass is 618 g/mol. The highest BCUT2D eigenvalue weighted by molar-refractivity contribution is 6.30. The van der Waals surface area contributed by atoms with Gasteiger partial charge in [-0.05, 0) is 61.3 Å². The number of carbonyl (C=O) groups excluding carboxylic acids is 3. The van der Waals surface area contributed by atoms with Crippen LogP contribution in [-0.4, -0.2) is 34.8 Å².